The van der Waals surface area contributed by atoms with Crippen molar-refractivity contribution in [2.75, 3.05) is 12.4 Å². The second-order valence-electron chi connectivity index (χ2n) is 4.27. The molecule has 0 aliphatic carbocycles. The van der Waals surface area contributed by atoms with Gasteiger partial charge in [-0.3, -0.25) is 0 Å². The van der Waals surface area contributed by atoms with Gasteiger partial charge in [0.2, 0.25) is 0 Å². The molecule has 0 heterocycles. The molecule has 0 radical (unpaired) electrons. The van der Waals surface area contributed by atoms with Gasteiger partial charge in [0, 0.05) is 17.8 Å². The first kappa shape index (κ1) is 15.3. The summed E-state index contributed by atoms with van der Waals surface area (Å²) in [6.07, 6.45) is 0.341. The van der Waals surface area contributed by atoms with Crippen LogP contribution in [-0.4, -0.2) is 35.1 Å². The molecule has 1 aromatic rings. The predicted molar refractivity (Wildman–Crippen MR) is 74.7 cm³/mol. The molecule has 0 saturated carbocycles. The number of aryl methyl sites for hydroxylation is 1. The lowest BCUT2D eigenvalue weighted by Gasteiger charge is -2.24. The Kier molecular flexibility index (Phi) is 5.18. The molecule has 1 unspecified atom stereocenters. The summed E-state index contributed by atoms with van der Waals surface area (Å²) in [6.45, 7) is 3.57. The topological polar surface area (TPSA) is 69.6 Å². The molecule has 2 N–H and O–H groups in total. The number of carbonyl (C=O) groups excluding carboxylic acids is 1. The van der Waals surface area contributed by atoms with Gasteiger partial charge in [-0.1, -0.05) is 24.6 Å². The number of amides is 2. The summed E-state index contributed by atoms with van der Waals surface area (Å²) in [5.41, 5.74) is 1.44. The average molecular weight is 285 g/mol. The number of benzene rings is 1. The maximum atomic E-state index is 11.9. The molecule has 0 bridgehead atoms. The van der Waals surface area contributed by atoms with Gasteiger partial charge in [0.15, 0.2) is 0 Å². The number of nitrogens with zero attached hydrogens (tertiary/aromatic N) is 1. The molecule has 19 heavy (non-hydrogen) atoms. The number of carboxylic acids is 1. The molecule has 0 aromatic heterocycles. The fraction of sp³-hybridized carbons (Fsp3) is 0.385. The SMILES string of the molecule is CCC(C(=O)O)N(C)C(=O)Nc1ccc(C)c(Cl)c1. The Morgan fingerprint density at radius 3 is 2.58 bits per heavy atom. The third-order valence-corrected chi connectivity index (χ3v) is 3.29. The number of aliphatic carboxylic acids is 1. The second kappa shape index (κ2) is 6.43. The molecule has 1 rings (SSSR count). The lowest BCUT2D eigenvalue weighted by molar-refractivity contribution is -0.141. The molecule has 0 spiro atoms. The first-order chi connectivity index (χ1) is 8.86. The van der Waals surface area contributed by atoms with E-state index in [0.717, 1.165) is 10.5 Å². The maximum absolute atomic E-state index is 11.9. The monoisotopic (exact) mass is 284 g/mol. The Hall–Kier alpha value is -1.75. The highest BCUT2D eigenvalue weighted by atomic mass is 35.5. The predicted octanol–water partition coefficient (Wildman–Crippen LogP) is 2.98. The van der Waals surface area contributed by atoms with Gasteiger partial charge in [-0.25, -0.2) is 9.59 Å². The third-order valence-electron chi connectivity index (χ3n) is 2.88. The van der Waals surface area contributed by atoms with Crippen molar-refractivity contribution in [3.63, 3.8) is 0 Å². The van der Waals surface area contributed by atoms with Crippen molar-refractivity contribution in [2.24, 2.45) is 0 Å². The Morgan fingerprint density at radius 2 is 2.11 bits per heavy atom. The Bertz CT molecular complexity index is 491. The number of anilines is 1. The molecule has 0 aliphatic heterocycles. The second-order valence-corrected chi connectivity index (χ2v) is 4.67. The van der Waals surface area contributed by atoms with Crippen LogP contribution in [0.2, 0.25) is 5.02 Å². The highest BCUT2D eigenvalue weighted by molar-refractivity contribution is 6.31. The molecule has 2 amide bonds. The molecule has 6 heteroatoms. The van der Waals surface area contributed by atoms with E-state index in [0.29, 0.717) is 17.1 Å². The van der Waals surface area contributed by atoms with E-state index in [2.05, 4.69) is 5.32 Å². The fourth-order valence-electron chi connectivity index (χ4n) is 1.64. The summed E-state index contributed by atoms with van der Waals surface area (Å²) in [4.78, 5) is 24.1. The van der Waals surface area contributed by atoms with E-state index in [1.54, 1.807) is 25.1 Å². The van der Waals surface area contributed by atoms with Crippen molar-refractivity contribution in [2.45, 2.75) is 26.3 Å². The van der Waals surface area contributed by atoms with E-state index in [-0.39, 0.29) is 0 Å². The number of rotatable bonds is 4. The number of nitrogens with one attached hydrogen (secondary N) is 1. The normalized spacial score (nSPS) is 11.8. The van der Waals surface area contributed by atoms with Gasteiger partial charge in [0.05, 0.1) is 0 Å². The average Bonchev–Trinajstić information content (AvgIpc) is 2.34. The van der Waals surface area contributed by atoms with Crippen molar-refractivity contribution in [3.05, 3.63) is 28.8 Å². The number of carboxylic acid groups (broad SMARTS) is 1. The summed E-state index contributed by atoms with van der Waals surface area (Å²) < 4.78 is 0. The van der Waals surface area contributed by atoms with E-state index < -0.39 is 18.0 Å². The molecule has 0 fully saturated rings. The first-order valence-corrected chi connectivity index (χ1v) is 6.27. The minimum atomic E-state index is -1.03. The molecule has 104 valence electrons. The lowest BCUT2D eigenvalue weighted by atomic mass is 10.2. The van der Waals surface area contributed by atoms with Gasteiger partial charge in [-0.2, -0.15) is 0 Å². The van der Waals surface area contributed by atoms with E-state index in [1.165, 1.54) is 7.05 Å². The van der Waals surface area contributed by atoms with E-state index in [9.17, 15) is 9.59 Å². The lowest BCUT2D eigenvalue weighted by Crippen LogP contribution is -2.44. The van der Waals surface area contributed by atoms with E-state index in [1.807, 2.05) is 6.92 Å². The van der Waals surface area contributed by atoms with Crippen LogP contribution in [0.15, 0.2) is 18.2 Å². The zero-order valence-electron chi connectivity index (χ0n) is 11.1. The van der Waals surface area contributed by atoms with Gasteiger partial charge in [0.1, 0.15) is 6.04 Å². The van der Waals surface area contributed by atoms with Crippen LogP contribution in [0.25, 0.3) is 0 Å². The van der Waals surface area contributed by atoms with Gasteiger partial charge in [-0.15, -0.1) is 0 Å². The van der Waals surface area contributed by atoms with Crippen LogP contribution in [0.5, 0.6) is 0 Å². The number of urea groups is 1. The summed E-state index contributed by atoms with van der Waals surface area (Å²) in [6, 6.07) is 3.81. The van der Waals surface area contributed by atoms with Crippen molar-refractivity contribution < 1.29 is 14.7 Å². The number of hydrogen-bond donors (Lipinski definition) is 2. The number of likely N-dealkylation sites (N-methyl/N-ethyl adjacent to an activating group) is 1. The zero-order chi connectivity index (χ0) is 14.6. The van der Waals surface area contributed by atoms with Crippen LogP contribution in [0, 0.1) is 6.92 Å². The quantitative estimate of drug-likeness (QED) is 0.893. The third kappa shape index (κ3) is 3.86. The van der Waals surface area contributed by atoms with Gasteiger partial charge >= 0.3 is 12.0 Å². The zero-order valence-corrected chi connectivity index (χ0v) is 11.9. The van der Waals surface area contributed by atoms with Crippen LogP contribution in [0.4, 0.5) is 10.5 Å². The number of hydrogen-bond acceptors (Lipinski definition) is 2. The van der Waals surface area contributed by atoms with Crippen LogP contribution in [-0.2, 0) is 4.79 Å². The van der Waals surface area contributed by atoms with Crippen molar-refractivity contribution in [1.82, 2.24) is 4.90 Å². The van der Waals surface area contributed by atoms with Crippen molar-refractivity contribution in [1.29, 1.82) is 0 Å². The maximum Gasteiger partial charge on any atom is 0.326 e. The molecular weight excluding hydrogens is 268 g/mol. The Labute approximate surface area is 117 Å². The Morgan fingerprint density at radius 1 is 1.47 bits per heavy atom. The minimum absolute atomic E-state index is 0.341. The van der Waals surface area contributed by atoms with Crippen LogP contribution in [0.3, 0.4) is 0 Å². The van der Waals surface area contributed by atoms with E-state index >= 15 is 0 Å². The summed E-state index contributed by atoms with van der Waals surface area (Å²) in [5, 5.41) is 12.2. The molecule has 0 saturated heterocycles. The molecule has 5 nitrogen and oxygen atoms in total. The van der Waals surface area contributed by atoms with Crippen LogP contribution >= 0.6 is 11.6 Å². The summed E-state index contributed by atoms with van der Waals surface area (Å²) in [5.74, 6) is -1.03. The minimum Gasteiger partial charge on any atom is -0.480 e. The summed E-state index contributed by atoms with van der Waals surface area (Å²) >= 11 is 5.96. The number of halogens is 1. The van der Waals surface area contributed by atoms with Gasteiger partial charge in [-0.05, 0) is 31.0 Å². The molecule has 1 atom stereocenters. The Balaban J connectivity index is 2.78. The first-order valence-electron chi connectivity index (χ1n) is 5.89. The highest BCUT2D eigenvalue weighted by Crippen LogP contribution is 2.20. The van der Waals surface area contributed by atoms with Gasteiger partial charge < -0.3 is 15.3 Å². The molecule has 0 aliphatic rings. The smallest absolute Gasteiger partial charge is 0.326 e. The molecular formula is C13H17ClN2O3. The van der Waals surface area contributed by atoms with Crippen LogP contribution in [0.1, 0.15) is 18.9 Å². The standard InChI is InChI=1S/C13H17ClN2O3/c1-4-11(12(17)18)16(3)13(19)15-9-6-5-8(2)10(14)7-9/h5-7,11H,4H2,1-3H3,(H,15,19)(H,17,18). The van der Waals surface area contributed by atoms with Crippen LogP contribution < -0.4 is 5.32 Å². The highest BCUT2D eigenvalue weighted by Gasteiger charge is 2.24. The van der Waals surface area contributed by atoms with E-state index in [4.69, 9.17) is 16.7 Å². The molecule has 1 aromatic carbocycles. The largest absolute Gasteiger partial charge is 0.480 e. The number of carbonyl (C=O) groups is 2. The van der Waals surface area contributed by atoms with Crippen molar-refractivity contribution >= 4 is 29.3 Å². The fourth-order valence-corrected chi connectivity index (χ4v) is 1.82. The van der Waals surface area contributed by atoms with Crippen molar-refractivity contribution in [3.8, 4) is 0 Å². The van der Waals surface area contributed by atoms with Gasteiger partial charge in [0.25, 0.3) is 0 Å². The summed E-state index contributed by atoms with van der Waals surface area (Å²) in [7, 11) is 1.45.